The summed E-state index contributed by atoms with van der Waals surface area (Å²) >= 11 is 5.96. The monoisotopic (exact) mass is 248 g/mol. The van der Waals surface area contributed by atoms with Crippen LogP contribution < -0.4 is 5.32 Å². The number of rotatable bonds is 2. The summed E-state index contributed by atoms with van der Waals surface area (Å²) in [4.78, 5) is 0. The van der Waals surface area contributed by atoms with Crippen LogP contribution in [0.3, 0.4) is 0 Å². The molecule has 1 saturated heterocycles. The molecule has 2 aromatic rings. The molecular formula is C13H13ClN2O. The normalized spacial score (nSPS) is 19.7. The van der Waals surface area contributed by atoms with Gasteiger partial charge in [-0.2, -0.15) is 0 Å². The molecule has 1 atom stereocenters. The quantitative estimate of drug-likeness (QED) is 0.885. The predicted molar refractivity (Wildman–Crippen MR) is 66.9 cm³/mol. The molecule has 1 fully saturated rings. The fraction of sp³-hybridized carbons (Fsp3) is 0.308. The minimum atomic E-state index is 0.315. The second kappa shape index (κ2) is 4.51. The molecule has 0 bridgehead atoms. The fourth-order valence-corrected chi connectivity index (χ4v) is 2.36. The lowest BCUT2D eigenvalue weighted by Crippen LogP contribution is -2.11. The zero-order chi connectivity index (χ0) is 11.7. The molecule has 1 N–H and O–H groups in total. The van der Waals surface area contributed by atoms with Gasteiger partial charge in [0.1, 0.15) is 5.69 Å². The van der Waals surface area contributed by atoms with Crippen LogP contribution >= 0.6 is 11.6 Å². The van der Waals surface area contributed by atoms with Gasteiger partial charge in [0.2, 0.25) is 0 Å². The summed E-state index contributed by atoms with van der Waals surface area (Å²) in [5, 5.41) is 8.20. The van der Waals surface area contributed by atoms with E-state index in [1.54, 1.807) is 0 Å². The van der Waals surface area contributed by atoms with Crippen molar-refractivity contribution in [2.75, 3.05) is 6.54 Å². The Morgan fingerprint density at radius 3 is 3.06 bits per heavy atom. The van der Waals surface area contributed by atoms with Crippen LogP contribution in [0.25, 0.3) is 11.3 Å². The van der Waals surface area contributed by atoms with Crippen molar-refractivity contribution in [2.45, 2.75) is 18.9 Å². The highest BCUT2D eigenvalue weighted by atomic mass is 35.5. The average Bonchev–Trinajstić information content (AvgIpc) is 3.00. The van der Waals surface area contributed by atoms with E-state index in [0.717, 1.165) is 30.0 Å². The molecule has 17 heavy (non-hydrogen) atoms. The first-order valence-electron chi connectivity index (χ1n) is 5.79. The van der Waals surface area contributed by atoms with Crippen LogP contribution in [0.5, 0.6) is 0 Å². The van der Waals surface area contributed by atoms with Gasteiger partial charge in [-0.25, -0.2) is 0 Å². The summed E-state index contributed by atoms with van der Waals surface area (Å²) in [7, 11) is 0. The molecule has 1 aromatic carbocycles. The summed E-state index contributed by atoms with van der Waals surface area (Å²) in [5.74, 6) is 0.914. The summed E-state index contributed by atoms with van der Waals surface area (Å²) in [6.07, 6.45) is 2.31. The van der Waals surface area contributed by atoms with E-state index in [1.165, 1.54) is 6.42 Å². The second-order valence-electron chi connectivity index (χ2n) is 4.27. The van der Waals surface area contributed by atoms with Gasteiger partial charge in [0.05, 0.1) is 6.04 Å². The summed E-state index contributed by atoms with van der Waals surface area (Å²) < 4.78 is 5.39. The Morgan fingerprint density at radius 2 is 2.29 bits per heavy atom. The number of benzene rings is 1. The lowest BCUT2D eigenvalue weighted by molar-refractivity contribution is 0.353. The molecule has 0 unspecified atom stereocenters. The smallest absolute Gasteiger partial charge is 0.154 e. The SMILES string of the molecule is Clc1cccc(-c2cc([C@@H]3CCCN3)on2)c1. The highest BCUT2D eigenvalue weighted by molar-refractivity contribution is 6.30. The van der Waals surface area contributed by atoms with Crippen molar-refractivity contribution in [1.82, 2.24) is 10.5 Å². The van der Waals surface area contributed by atoms with Gasteiger partial charge < -0.3 is 9.84 Å². The van der Waals surface area contributed by atoms with E-state index in [4.69, 9.17) is 16.1 Å². The molecule has 2 heterocycles. The molecular weight excluding hydrogens is 236 g/mol. The van der Waals surface area contributed by atoms with E-state index in [2.05, 4.69) is 10.5 Å². The lowest BCUT2D eigenvalue weighted by atomic mass is 10.1. The first-order valence-corrected chi connectivity index (χ1v) is 6.17. The van der Waals surface area contributed by atoms with Crippen molar-refractivity contribution < 1.29 is 4.52 Å². The van der Waals surface area contributed by atoms with Crippen LogP contribution in [-0.2, 0) is 0 Å². The summed E-state index contributed by atoms with van der Waals surface area (Å²) in [6.45, 7) is 1.05. The third-order valence-electron chi connectivity index (χ3n) is 3.05. The standard InChI is InChI=1S/C13H13ClN2O/c14-10-4-1-3-9(7-10)12-8-13(17-16-12)11-5-2-6-15-11/h1,3-4,7-8,11,15H,2,5-6H2/t11-/m0/s1. The number of nitrogens with one attached hydrogen (secondary N) is 1. The van der Waals surface area contributed by atoms with E-state index in [9.17, 15) is 0 Å². The third-order valence-corrected chi connectivity index (χ3v) is 3.29. The molecule has 1 aromatic heterocycles. The Labute approximate surface area is 105 Å². The minimum Gasteiger partial charge on any atom is -0.359 e. The first kappa shape index (κ1) is 10.8. The van der Waals surface area contributed by atoms with Gasteiger partial charge in [0.25, 0.3) is 0 Å². The Hall–Kier alpha value is -1.32. The van der Waals surface area contributed by atoms with Crippen LogP contribution in [0.2, 0.25) is 5.02 Å². The van der Waals surface area contributed by atoms with E-state index < -0.39 is 0 Å². The molecule has 1 aliphatic heterocycles. The Morgan fingerprint density at radius 1 is 1.35 bits per heavy atom. The van der Waals surface area contributed by atoms with Crippen molar-refractivity contribution in [3.05, 3.63) is 41.1 Å². The molecule has 0 radical (unpaired) electrons. The first-order chi connectivity index (χ1) is 8.33. The number of hydrogen-bond donors (Lipinski definition) is 1. The molecule has 0 aliphatic carbocycles. The average molecular weight is 249 g/mol. The van der Waals surface area contributed by atoms with Gasteiger partial charge in [-0.05, 0) is 31.5 Å². The van der Waals surface area contributed by atoms with Crippen molar-refractivity contribution in [2.24, 2.45) is 0 Å². The maximum absolute atomic E-state index is 5.96. The number of halogens is 1. The molecule has 0 saturated carbocycles. The highest BCUT2D eigenvalue weighted by Crippen LogP contribution is 2.28. The van der Waals surface area contributed by atoms with Crippen molar-refractivity contribution in [3.8, 4) is 11.3 Å². The molecule has 0 spiro atoms. The van der Waals surface area contributed by atoms with Crippen LogP contribution in [0, 0.1) is 0 Å². The van der Waals surface area contributed by atoms with Gasteiger partial charge in [0, 0.05) is 16.7 Å². The number of nitrogens with zero attached hydrogens (tertiary/aromatic N) is 1. The number of aromatic nitrogens is 1. The minimum absolute atomic E-state index is 0.315. The van der Waals surface area contributed by atoms with Gasteiger partial charge in [-0.15, -0.1) is 0 Å². The maximum Gasteiger partial charge on any atom is 0.154 e. The van der Waals surface area contributed by atoms with Crippen molar-refractivity contribution in [1.29, 1.82) is 0 Å². The molecule has 88 valence electrons. The molecule has 0 amide bonds. The maximum atomic E-state index is 5.96. The van der Waals surface area contributed by atoms with Crippen molar-refractivity contribution >= 4 is 11.6 Å². The topological polar surface area (TPSA) is 38.1 Å². The number of hydrogen-bond acceptors (Lipinski definition) is 3. The van der Waals surface area contributed by atoms with Gasteiger partial charge in [0.15, 0.2) is 5.76 Å². The Kier molecular flexibility index (Phi) is 2.87. The molecule has 3 rings (SSSR count). The third kappa shape index (κ3) is 2.21. The van der Waals surface area contributed by atoms with Crippen LogP contribution in [-0.4, -0.2) is 11.7 Å². The van der Waals surface area contributed by atoms with Crippen LogP contribution in [0.4, 0.5) is 0 Å². The predicted octanol–water partition coefficient (Wildman–Crippen LogP) is 3.42. The molecule has 3 nitrogen and oxygen atoms in total. The Balaban J connectivity index is 1.89. The van der Waals surface area contributed by atoms with E-state index in [0.29, 0.717) is 11.1 Å². The van der Waals surface area contributed by atoms with Gasteiger partial charge in [-0.3, -0.25) is 0 Å². The summed E-state index contributed by atoms with van der Waals surface area (Å²) in [5.41, 5.74) is 1.83. The second-order valence-corrected chi connectivity index (χ2v) is 4.71. The fourth-order valence-electron chi connectivity index (χ4n) is 2.16. The van der Waals surface area contributed by atoms with Crippen molar-refractivity contribution in [3.63, 3.8) is 0 Å². The molecule has 4 heteroatoms. The van der Waals surface area contributed by atoms with Gasteiger partial charge in [-0.1, -0.05) is 28.9 Å². The van der Waals surface area contributed by atoms with E-state index in [1.807, 2.05) is 30.3 Å². The van der Waals surface area contributed by atoms with E-state index in [-0.39, 0.29) is 0 Å². The zero-order valence-electron chi connectivity index (χ0n) is 9.32. The highest BCUT2D eigenvalue weighted by Gasteiger charge is 2.20. The lowest BCUT2D eigenvalue weighted by Gasteiger charge is -2.02. The largest absolute Gasteiger partial charge is 0.359 e. The summed E-state index contributed by atoms with van der Waals surface area (Å²) in [6, 6.07) is 9.95. The van der Waals surface area contributed by atoms with E-state index >= 15 is 0 Å². The van der Waals surface area contributed by atoms with Crippen LogP contribution in [0.15, 0.2) is 34.9 Å². The van der Waals surface area contributed by atoms with Crippen LogP contribution in [0.1, 0.15) is 24.6 Å². The Bertz CT molecular complexity index is 518. The zero-order valence-corrected chi connectivity index (χ0v) is 10.1. The van der Waals surface area contributed by atoms with Gasteiger partial charge >= 0.3 is 0 Å². The molecule has 1 aliphatic rings.